The van der Waals surface area contributed by atoms with Gasteiger partial charge in [0.05, 0.1) is 16.3 Å². The number of primary amides is 1. The molecule has 0 unspecified atom stereocenters. The fraction of sp³-hybridized carbons (Fsp3) is 0.176. The molecule has 0 saturated carbocycles. The van der Waals surface area contributed by atoms with Gasteiger partial charge >= 0.3 is 0 Å². The van der Waals surface area contributed by atoms with E-state index < -0.39 is 27.7 Å². The fourth-order valence-corrected chi connectivity index (χ4v) is 2.42. The van der Waals surface area contributed by atoms with Crippen molar-refractivity contribution in [1.29, 1.82) is 0 Å². The Hall–Kier alpha value is -3.82. The number of carbonyl (C=O) groups is 2. The van der Waals surface area contributed by atoms with E-state index in [0.717, 1.165) is 0 Å². The minimum Gasteiger partial charge on any atom is -0.368 e. The first-order valence-corrected chi connectivity index (χ1v) is 7.81. The molecule has 0 aromatic heterocycles. The van der Waals surface area contributed by atoms with E-state index in [0.29, 0.717) is 11.1 Å². The summed E-state index contributed by atoms with van der Waals surface area (Å²) in [7, 11) is 0. The zero-order valence-electron chi connectivity index (χ0n) is 14.0. The van der Waals surface area contributed by atoms with Gasteiger partial charge in [-0.1, -0.05) is 24.3 Å². The Balaban J connectivity index is 2.03. The molecule has 0 bridgehead atoms. The normalized spacial score (nSPS) is 11.4. The van der Waals surface area contributed by atoms with Gasteiger partial charge in [-0.2, -0.15) is 0 Å². The molecule has 2 rings (SSSR count). The molecular weight excluding hydrogens is 356 g/mol. The second-order valence-electron chi connectivity index (χ2n) is 5.75. The molecule has 0 heterocycles. The summed E-state index contributed by atoms with van der Waals surface area (Å²) in [4.78, 5) is 44.1. The lowest BCUT2D eigenvalue weighted by Gasteiger charge is -2.15. The number of amides is 2. The van der Waals surface area contributed by atoms with Gasteiger partial charge in [-0.05, 0) is 11.1 Å². The summed E-state index contributed by atoms with van der Waals surface area (Å²) in [5.41, 5.74) is 6.08. The molecule has 10 nitrogen and oxygen atoms in total. The minimum absolute atomic E-state index is 0.0635. The second kappa shape index (κ2) is 8.52. The van der Waals surface area contributed by atoms with Crippen molar-refractivity contribution in [3.63, 3.8) is 0 Å². The number of nitrogens with zero attached hydrogens (tertiary/aromatic N) is 2. The number of non-ortho nitro benzene ring substituents is 2. The zero-order valence-corrected chi connectivity index (χ0v) is 14.0. The van der Waals surface area contributed by atoms with Gasteiger partial charge in [-0.25, -0.2) is 0 Å². The highest BCUT2D eigenvalue weighted by atomic mass is 16.6. The molecule has 2 amide bonds. The average molecular weight is 372 g/mol. The van der Waals surface area contributed by atoms with E-state index in [9.17, 15) is 29.8 Å². The Kier molecular flexibility index (Phi) is 6.15. The lowest BCUT2D eigenvalue weighted by molar-refractivity contribution is -0.385. The van der Waals surface area contributed by atoms with E-state index in [-0.39, 0.29) is 24.2 Å². The number of nitro groups is 2. The summed E-state index contributed by atoms with van der Waals surface area (Å²) in [6.45, 7) is 0. The molecule has 10 heteroatoms. The molecule has 0 fully saturated rings. The number of nitro benzene ring substituents is 2. The lowest BCUT2D eigenvalue weighted by atomic mass is 10.0. The number of carbonyl (C=O) groups excluding carboxylic acids is 2. The molecule has 0 aliphatic heterocycles. The van der Waals surface area contributed by atoms with Crippen LogP contribution in [0.15, 0.2) is 48.5 Å². The Morgan fingerprint density at radius 1 is 0.963 bits per heavy atom. The van der Waals surface area contributed by atoms with E-state index in [1.54, 1.807) is 6.07 Å². The maximum absolute atomic E-state index is 12.2. The van der Waals surface area contributed by atoms with E-state index in [1.807, 2.05) is 0 Å². The number of nitrogens with two attached hydrogens (primary N) is 1. The van der Waals surface area contributed by atoms with Gasteiger partial charge in [0, 0.05) is 30.7 Å². The second-order valence-corrected chi connectivity index (χ2v) is 5.75. The van der Waals surface area contributed by atoms with E-state index >= 15 is 0 Å². The van der Waals surface area contributed by atoms with Gasteiger partial charge in [0.2, 0.25) is 11.8 Å². The van der Waals surface area contributed by atoms with Crippen LogP contribution in [0.3, 0.4) is 0 Å². The van der Waals surface area contributed by atoms with Crippen LogP contribution in [0.1, 0.15) is 11.1 Å². The number of nitrogens with one attached hydrogen (secondary N) is 1. The lowest BCUT2D eigenvalue weighted by Crippen LogP contribution is -2.46. The van der Waals surface area contributed by atoms with Crippen LogP contribution in [-0.4, -0.2) is 27.7 Å². The standard InChI is InChI=1S/C17H16N4O6/c18-17(23)15(9-11-4-6-13(7-5-11)20(24)25)19-16(22)10-12-2-1-3-14(8-12)21(26)27/h1-8,15H,9-10H2,(H2,18,23)(H,19,22)/t15-/m0/s1. The summed E-state index contributed by atoms with van der Waals surface area (Å²) in [6, 6.07) is 10.1. The van der Waals surface area contributed by atoms with Crippen LogP contribution in [0.4, 0.5) is 11.4 Å². The molecule has 0 saturated heterocycles. The predicted octanol–water partition coefficient (Wildman–Crippen LogP) is 1.26. The van der Waals surface area contributed by atoms with Gasteiger partial charge in [-0.3, -0.25) is 29.8 Å². The van der Waals surface area contributed by atoms with E-state index in [2.05, 4.69) is 5.32 Å². The van der Waals surface area contributed by atoms with Crippen molar-refractivity contribution in [3.05, 3.63) is 79.9 Å². The SMILES string of the molecule is NC(=O)[C@H](Cc1ccc([N+](=O)[O-])cc1)NC(=O)Cc1cccc([N+](=O)[O-])c1. The third-order valence-corrected chi connectivity index (χ3v) is 3.75. The van der Waals surface area contributed by atoms with Gasteiger partial charge in [0.15, 0.2) is 0 Å². The molecule has 0 aliphatic carbocycles. The van der Waals surface area contributed by atoms with E-state index in [4.69, 9.17) is 5.73 Å². The quantitative estimate of drug-likeness (QED) is 0.524. The maximum atomic E-state index is 12.2. The molecule has 27 heavy (non-hydrogen) atoms. The van der Waals surface area contributed by atoms with Crippen LogP contribution in [0, 0.1) is 20.2 Å². The van der Waals surface area contributed by atoms with Gasteiger partial charge < -0.3 is 11.1 Å². The Bertz CT molecular complexity index is 881. The summed E-state index contributed by atoms with van der Waals surface area (Å²) in [5, 5.41) is 23.9. The first kappa shape index (κ1) is 19.5. The van der Waals surface area contributed by atoms with E-state index in [1.165, 1.54) is 42.5 Å². The number of benzene rings is 2. The smallest absolute Gasteiger partial charge is 0.269 e. The van der Waals surface area contributed by atoms with Crippen LogP contribution in [0.25, 0.3) is 0 Å². The van der Waals surface area contributed by atoms with Crippen LogP contribution in [0.5, 0.6) is 0 Å². The average Bonchev–Trinajstić information content (AvgIpc) is 2.61. The van der Waals surface area contributed by atoms with Gasteiger partial charge in [0.25, 0.3) is 11.4 Å². The fourth-order valence-electron chi connectivity index (χ4n) is 2.42. The predicted molar refractivity (Wildman–Crippen MR) is 94.7 cm³/mol. The highest BCUT2D eigenvalue weighted by Gasteiger charge is 2.20. The number of hydrogen-bond donors (Lipinski definition) is 2. The molecule has 0 radical (unpaired) electrons. The van der Waals surface area contributed by atoms with Crippen molar-refractivity contribution in [3.8, 4) is 0 Å². The Morgan fingerprint density at radius 3 is 2.15 bits per heavy atom. The topological polar surface area (TPSA) is 158 Å². The van der Waals surface area contributed by atoms with Crippen LogP contribution in [-0.2, 0) is 22.4 Å². The zero-order chi connectivity index (χ0) is 20.0. The molecule has 2 aromatic carbocycles. The van der Waals surface area contributed by atoms with Crippen molar-refractivity contribution in [2.75, 3.05) is 0 Å². The molecule has 3 N–H and O–H groups in total. The van der Waals surface area contributed by atoms with Crippen LogP contribution in [0.2, 0.25) is 0 Å². The van der Waals surface area contributed by atoms with Gasteiger partial charge in [0.1, 0.15) is 6.04 Å². The van der Waals surface area contributed by atoms with Crippen molar-refractivity contribution in [2.24, 2.45) is 5.73 Å². The Labute approximate surface area is 153 Å². The van der Waals surface area contributed by atoms with Crippen molar-refractivity contribution in [2.45, 2.75) is 18.9 Å². The van der Waals surface area contributed by atoms with Crippen molar-refractivity contribution in [1.82, 2.24) is 5.32 Å². The summed E-state index contributed by atoms with van der Waals surface area (Å²) in [5.74, 6) is -1.29. The largest absolute Gasteiger partial charge is 0.368 e. The molecule has 1 atom stereocenters. The maximum Gasteiger partial charge on any atom is 0.269 e. The molecule has 0 aliphatic rings. The number of hydrogen-bond acceptors (Lipinski definition) is 6. The third-order valence-electron chi connectivity index (χ3n) is 3.75. The first-order valence-electron chi connectivity index (χ1n) is 7.81. The van der Waals surface area contributed by atoms with Crippen molar-refractivity contribution >= 4 is 23.2 Å². The highest BCUT2D eigenvalue weighted by molar-refractivity contribution is 5.87. The Morgan fingerprint density at radius 2 is 1.59 bits per heavy atom. The van der Waals surface area contributed by atoms with Crippen molar-refractivity contribution < 1.29 is 19.4 Å². The van der Waals surface area contributed by atoms with Gasteiger partial charge in [-0.15, -0.1) is 0 Å². The monoisotopic (exact) mass is 372 g/mol. The molecule has 0 spiro atoms. The van der Waals surface area contributed by atoms with Crippen LogP contribution >= 0.6 is 0 Å². The molecule has 140 valence electrons. The minimum atomic E-state index is -1.02. The van der Waals surface area contributed by atoms with Crippen LogP contribution < -0.4 is 11.1 Å². The highest BCUT2D eigenvalue weighted by Crippen LogP contribution is 2.15. The molecular formula is C17H16N4O6. The summed E-state index contributed by atoms with van der Waals surface area (Å²) < 4.78 is 0. The first-order chi connectivity index (χ1) is 12.8. The summed E-state index contributed by atoms with van der Waals surface area (Å²) >= 11 is 0. The third kappa shape index (κ3) is 5.59. The molecule has 2 aromatic rings. The number of rotatable bonds is 8. The summed E-state index contributed by atoms with van der Waals surface area (Å²) in [6.07, 6.45) is -0.0975.